The molecule has 1 amide bonds. The molecule has 5 nitrogen and oxygen atoms in total. The van der Waals surface area contributed by atoms with Crippen LogP contribution in [0.15, 0.2) is 85.1 Å². The molecule has 0 radical (unpaired) electrons. The first-order chi connectivity index (χ1) is 14.2. The summed E-state index contributed by atoms with van der Waals surface area (Å²) in [6.07, 6.45) is 1.64. The van der Waals surface area contributed by atoms with Crippen LogP contribution in [-0.2, 0) is 6.54 Å². The van der Waals surface area contributed by atoms with Gasteiger partial charge in [0.05, 0.1) is 18.8 Å². The Hall–Kier alpha value is -3.86. The van der Waals surface area contributed by atoms with Gasteiger partial charge >= 0.3 is 0 Å². The van der Waals surface area contributed by atoms with Crippen molar-refractivity contribution >= 4 is 16.8 Å². The fourth-order valence-corrected chi connectivity index (χ4v) is 2.94. The highest BCUT2D eigenvalue weighted by Crippen LogP contribution is 2.22. The zero-order chi connectivity index (χ0) is 20.1. The van der Waals surface area contributed by atoms with Gasteiger partial charge in [-0.1, -0.05) is 36.4 Å². The first kappa shape index (κ1) is 18.5. The normalized spacial score (nSPS) is 10.5. The van der Waals surface area contributed by atoms with Crippen molar-refractivity contribution in [2.24, 2.45) is 0 Å². The summed E-state index contributed by atoms with van der Waals surface area (Å²) in [5, 5.41) is 3.87. The summed E-state index contributed by atoms with van der Waals surface area (Å²) in [7, 11) is 1.60. The predicted octanol–water partition coefficient (Wildman–Crippen LogP) is 4.97. The van der Waals surface area contributed by atoms with E-state index in [2.05, 4.69) is 10.3 Å². The van der Waals surface area contributed by atoms with Gasteiger partial charge in [0.15, 0.2) is 0 Å². The second kappa shape index (κ2) is 8.44. The smallest absolute Gasteiger partial charge is 0.251 e. The van der Waals surface area contributed by atoms with Gasteiger partial charge < -0.3 is 14.8 Å². The highest BCUT2D eigenvalue weighted by molar-refractivity contribution is 5.97. The van der Waals surface area contributed by atoms with Gasteiger partial charge in [0.1, 0.15) is 17.2 Å². The molecule has 0 atom stereocenters. The minimum absolute atomic E-state index is 0.144. The van der Waals surface area contributed by atoms with E-state index in [0.717, 1.165) is 28.0 Å². The summed E-state index contributed by atoms with van der Waals surface area (Å²) in [6, 6.07) is 24.6. The predicted molar refractivity (Wildman–Crippen MR) is 112 cm³/mol. The molecule has 0 unspecified atom stereocenters. The van der Waals surface area contributed by atoms with E-state index in [1.807, 2.05) is 66.7 Å². The van der Waals surface area contributed by atoms with Crippen LogP contribution in [0.4, 0.5) is 0 Å². The molecule has 1 heterocycles. The van der Waals surface area contributed by atoms with Crippen LogP contribution in [0.1, 0.15) is 15.9 Å². The van der Waals surface area contributed by atoms with E-state index >= 15 is 0 Å². The standard InChI is InChI=1S/C24H20N2O3/c1-28-22-13-18-9-10-19(14-23(18)25-16-22)24(27)26-15-17-7-11-21(12-8-17)29-20-5-3-2-4-6-20/h2-14,16H,15H2,1H3,(H,26,27). The number of ether oxygens (including phenoxy) is 2. The number of nitrogens with one attached hydrogen (secondary N) is 1. The summed E-state index contributed by atoms with van der Waals surface area (Å²) in [6.45, 7) is 0.429. The van der Waals surface area contributed by atoms with E-state index in [1.165, 1.54) is 0 Å². The highest BCUT2D eigenvalue weighted by Gasteiger charge is 2.08. The van der Waals surface area contributed by atoms with Gasteiger partial charge in [-0.3, -0.25) is 9.78 Å². The summed E-state index contributed by atoms with van der Waals surface area (Å²) in [5.41, 5.74) is 2.31. The van der Waals surface area contributed by atoms with E-state index in [9.17, 15) is 4.79 Å². The van der Waals surface area contributed by atoms with Crippen LogP contribution < -0.4 is 14.8 Å². The molecule has 0 bridgehead atoms. The van der Waals surface area contributed by atoms with Crippen molar-refractivity contribution in [3.63, 3.8) is 0 Å². The van der Waals surface area contributed by atoms with Crippen LogP contribution in [0, 0.1) is 0 Å². The maximum absolute atomic E-state index is 12.5. The van der Waals surface area contributed by atoms with Crippen molar-refractivity contribution in [1.82, 2.24) is 10.3 Å². The first-order valence-corrected chi connectivity index (χ1v) is 9.25. The Morgan fingerprint density at radius 3 is 2.41 bits per heavy atom. The molecule has 4 aromatic rings. The van der Waals surface area contributed by atoms with E-state index in [4.69, 9.17) is 9.47 Å². The number of hydrogen-bond acceptors (Lipinski definition) is 4. The molecule has 0 spiro atoms. The average molecular weight is 384 g/mol. The molecule has 0 saturated carbocycles. The van der Waals surface area contributed by atoms with Gasteiger partial charge in [0.2, 0.25) is 0 Å². The number of methoxy groups -OCH3 is 1. The lowest BCUT2D eigenvalue weighted by Crippen LogP contribution is -2.22. The number of nitrogens with zero attached hydrogens (tertiary/aromatic N) is 1. The monoisotopic (exact) mass is 384 g/mol. The number of aromatic nitrogens is 1. The first-order valence-electron chi connectivity index (χ1n) is 9.25. The lowest BCUT2D eigenvalue weighted by atomic mass is 10.1. The Morgan fingerprint density at radius 1 is 0.897 bits per heavy atom. The third kappa shape index (κ3) is 4.52. The van der Waals surface area contributed by atoms with Gasteiger partial charge in [0, 0.05) is 17.5 Å². The molecule has 3 aromatic carbocycles. The zero-order valence-electron chi connectivity index (χ0n) is 16.0. The van der Waals surface area contributed by atoms with Crippen LogP contribution in [0.5, 0.6) is 17.2 Å². The van der Waals surface area contributed by atoms with E-state index in [0.29, 0.717) is 17.9 Å². The Balaban J connectivity index is 1.38. The molecular weight excluding hydrogens is 364 g/mol. The SMILES string of the molecule is COc1cnc2cc(C(=O)NCc3ccc(Oc4ccccc4)cc3)ccc2c1. The number of hydrogen-bond donors (Lipinski definition) is 1. The molecule has 0 aliphatic heterocycles. The van der Waals surface area contributed by atoms with E-state index < -0.39 is 0 Å². The topological polar surface area (TPSA) is 60.5 Å². The number of carbonyl (C=O) groups excluding carboxylic acids is 1. The molecule has 5 heteroatoms. The van der Waals surface area contributed by atoms with Gasteiger partial charge in [-0.2, -0.15) is 0 Å². The largest absolute Gasteiger partial charge is 0.495 e. The van der Waals surface area contributed by atoms with Crippen molar-refractivity contribution in [2.75, 3.05) is 7.11 Å². The lowest BCUT2D eigenvalue weighted by molar-refractivity contribution is 0.0951. The number of carbonyl (C=O) groups is 1. The van der Waals surface area contributed by atoms with Gasteiger partial charge in [-0.05, 0) is 48.0 Å². The van der Waals surface area contributed by atoms with Crippen molar-refractivity contribution in [1.29, 1.82) is 0 Å². The third-order valence-corrected chi connectivity index (χ3v) is 4.51. The molecule has 0 saturated heterocycles. The van der Waals surface area contributed by atoms with Crippen LogP contribution >= 0.6 is 0 Å². The molecule has 1 N–H and O–H groups in total. The molecule has 144 valence electrons. The number of fused-ring (bicyclic) bond motifs is 1. The molecule has 1 aromatic heterocycles. The third-order valence-electron chi connectivity index (χ3n) is 4.51. The quantitative estimate of drug-likeness (QED) is 0.510. The number of pyridine rings is 1. The lowest BCUT2D eigenvalue weighted by Gasteiger charge is -2.09. The minimum atomic E-state index is -0.144. The number of rotatable bonds is 6. The Bertz CT molecular complexity index is 1130. The van der Waals surface area contributed by atoms with Crippen molar-refractivity contribution < 1.29 is 14.3 Å². The van der Waals surface area contributed by atoms with Gasteiger partial charge in [-0.25, -0.2) is 0 Å². The zero-order valence-corrected chi connectivity index (χ0v) is 16.0. The van der Waals surface area contributed by atoms with Crippen LogP contribution in [0.2, 0.25) is 0 Å². The molecule has 0 fully saturated rings. The fraction of sp³-hybridized carbons (Fsp3) is 0.0833. The van der Waals surface area contributed by atoms with Gasteiger partial charge in [-0.15, -0.1) is 0 Å². The fourth-order valence-electron chi connectivity index (χ4n) is 2.94. The summed E-state index contributed by atoms with van der Waals surface area (Å²) in [5.74, 6) is 2.09. The van der Waals surface area contributed by atoms with Gasteiger partial charge in [0.25, 0.3) is 5.91 Å². The Kier molecular flexibility index (Phi) is 5.38. The van der Waals surface area contributed by atoms with Crippen molar-refractivity contribution in [3.05, 3.63) is 96.2 Å². The average Bonchev–Trinajstić information content (AvgIpc) is 2.78. The van der Waals surface area contributed by atoms with Crippen LogP contribution in [-0.4, -0.2) is 18.0 Å². The molecule has 4 rings (SSSR count). The van der Waals surface area contributed by atoms with Crippen molar-refractivity contribution in [2.45, 2.75) is 6.54 Å². The Labute approximate surface area is 168 Å². The van der Waals surface area contributed by atoms with Crippen LogP contribution in [0.3, 0.4) is 0 Å². The number of benzene rings is 3. The van der Waals surface area contributed by atoms with Crippen molar-refractivity contribution in [3.8, 4) is 17.2 Å². The highest BCUT2D eigenvalue weighted by atomic mass is 16.5. The Morgan fingerprint density at radius 2 is 1.66 bits per heavy atom. The summed E-state index contributed by atoms with van der Waals surface area (Å²) < 4.78 is 11.0. The number of amides is 1. The van der Waals surface area contributed by atoms with E-state index in [1.54, 1.807) is 25.4 Å². The van der Waals surface area contributed by atoms with E-state index in [-0.39, 0.29) is 5.91 Å². The summed E-state index contributed by atoms with van der Waals surface area (Å²) in [4.78, 5) is 16.8. The number of para-hydroxylation sites is 1. The molecular formula is C24H20N2O3. The van der Waals surface area contributed by atoms with Crippen LogP contribution in [0.25, 0.3) is 10.9 Å². The second-order valence-electron chi connectivity index (χ2n) is 6.52. The molecule has 0 aliphatic carbocycles. The minimum Gasteiger partial charge on any atom is -0.495 e. The maximum atomic E-state index is 12.5. The summed E-state index contributed by atoms with van der Waals surface area (Å²) >= 11 is 0. The molecule has 29 heavy (non-hydrogen) atoms. The second-order valence-corrected chi connectivity index (χ2v) is 6.52. The maximum Gasteiger partial charge on any atom is 0.251 e. The molecule has 0 aliphatic rings.